The molecule has 1 aliphatic carbocycles. The molecule has 0 amide bonds. The summed E-state index contributed by atoms with van der Waals surface area (Å²) in [6.07, 6.45) is 8.73. The first-order chi connectivity index (χ1) is 13.2. The van der Waals surface area contributed by atoms with Gasteiger partial charge in [-0.25, -0.2) is 0 Å². The lowest BCUT2D eigenvalue weighted by molar-refractivity contribution is 0.101. The smallest absolute Gasteiger partial charge is 0.198 e. The summed E-state index contributed by atoms with van der Waals surface area (Å²) < 4.78 is 0. The van der Waals surface area contributed by atoms with Crippen molar-refractivity contribution >= 4 is 17.4 Å². The first kappa shape index (κ1) is 19.9. The number of benzene rings is 1. The van der Waals surface area contributed by atoms with Crippen molar-refractivity contribution < 1.29 is 4.79 Å². The second kappa shape index (κ2) is 9.88. The number of carbonyl (C=O) groups excluding carboxylic acids is 1. The van der Waals surface area contributed by atoms with Crippen LogP contribution < -0.4 is 11.1 Å². The van der Waals surface area contributed by atoms with E-state index in [0.29, 0.717) is 11.8 Å². The molecule has 2 fully saturated rings. The minimum Gasteiger partial charge on any atom is -0.343 e. The van der Waals surface area contributed by atoms with Gasteiger partial charge < -0.3 is 16.0 Å². The number of likely N-dealkylation sites (tertiary alicyclic amines) is 1. The average molecular weight is 371 g/mol. The molecule has 3 rings (SSSR count). The molecule has 2 atom stereocenters. The third-order valence-corrected chi connectivity index (χ3v) is 5.90. The third-order valence-electron chi connectivity index (χ3n) is 5.90. The van der Waals surface area contributed by atoms with Crippen LogP contribution in [0.15, 0.2) is 29.3 Å². The maximum Gasteiger partial charge on any atom is 0.198 e. The van der Waals surface area contributed by atoms with Crippen molar-refractivity contribution in [2.45, 2.75) is 51.9 Å². The Hall–Kier alpha value is -1.88. The van der Waals surface area contributed by atoms with E-state index < -0.39 is 0 Å². The van der Waals surface area contributed by atoms with Gasteiger partial charge in [-0.3, -0.25) is 9.79 Å². The Morgan fingerprint density at radius 3 is 2.70 bits per heavy atom. The predicted molar refractivity (Wildman–Crippen MR) is 112 cm³/mol. The molecule has 0 radical (unpaired) electrons. The van der Waals surface area contributed by atoms with Gasteiger partial charge in [-0.05, 0) is 76.0 Å². The summed E-state index contributed by atoms with van der Waals surface area (Å²) in [5.74, 6) is 2.35. The van der Waals surface area contributed by atoms with E-state index in [4.69, 9.17) is 10.7 Å². The van der Waals surface area contributed by atoms with Gasteiger partial charge in [0.05, 0.1) is 0 Å². The molecule has 27 heavy (non-hydrogen) atoms. The SMILES string of the molecule is CC(=O)c1cccc(NC(=NCC2CCCC(CN)C2)N2CCCCC2)c1. The molecule has 1 aromatic rings. The highest BCUT2D eigenvalue weighted by Gasteiger charge is 2.22. The van der Waals surface area contributed by atoms with Crippen molar-refractivity contribution in [3.8, 4) is 0 Å². The molecule has 1 aromatic carbocycles. The number of anilines is 1. The van der Waals surface area contributed by atoms with Crippen LogP contribution in [-0.2, 0) is 0 Å². The highest BCUT2D eigenvalue weighted by Crippen LogP contribution is 2.28. The zero-order chi connectivity index (χ0) is 19.1. The van der Waals surface area contributed by atoms with E-state index in [-0.39, 0.29) is 5.78 Å². The van der Waals surface area contributed by atoms with Crippen LogP contribution in [-0.4, -0.2) is 42.8 Å². The van der Waals surface area contributed by atoms with Crippen molar-refractivity contribution in [3.63, 3.8) is 0 Å². The fourth-order valence-corrected chi connectivity index (χ4v) is 4.27. The number of aliphatic imine (C=N–C) groups is 1. The Kier molecular flexibility index (Phi) is 7.27. The van der Waals surface area contributed by atoms with Gasteiger partial charge in [-0.1, -0.05) is 18.6 Å². The first-order valence-electron chi connectivity index (χ1n) is 10.5. The molecule has 3 N–H and O–H groups in total. The fourth-order valence-electron chi connectivity index (χ4n) is 4.27. The Labute approximate surface area is 163 Å². The maximum absolute atomic E-state index is 11.7. The number of guanidine groups is 1. The molecule has 0 spiro atoms. The lowest BCUT2D eigenvalue weighted by atomic mass is 9.81. The Balaban J connectivity index is 1.72. The van der Waals surface area contributed by atoms with Crippen molar-refractivity contribution in [3.05, 3.63) is 29.8 Å². The van der Waals surface area contributed by atoms with E-state index in [1.54, 1.807) is 6.92 Å². The lowest BCUT2D eigenvalue weighted by Gasteiger charge is -2.31. The number of nitrogens with zero attached hydrogens (tertiary/aromatic N) is 2. The van der Waals surface area contributed by atoms with E-state index in [0.717, 1.165) is 43.4 Å². The molecule has 2 unspecified atom stereocenters. The van der Waals surface area contributed by atoms with Crippen LogP contribution in [0.3, 0.4) is 0 Å². The molecular formula is C22H34N4O. The van der Waals surface area contributed by atoms with Gasteiger partial charge in [0.15, 0.2) is 11.7 Å². The van der Waals surface area contributed by atoms with Gasteiger partial charge in [0.1, 0.15) is 0 Å². The molecule has 5 nitrogen and oxygen atoms in total. The van der Waals surface area contributed by atoms with Gasteiger partial charge in [-0.2, -0.15) is 0 Å². The monoisotopic (exact) mass is 370 g/mol. The van der Waals surface area contributed by atoms with Gasteiger partial charge in [-0.15, -0.1) is 0 Å². The number of ketones is 1. The molecule has 1 aliphatic heterocycles. The van der Waals surface area contributed by atoms with Gasteiger partial charge in [0.25, 0.3) is 0 Å². The third kappa shape index (κ3) is 5.80. The second-order valence-corrected chi connectivity index (χ2v) is 8.11. The molecule has 2 aliphatic rings. The number of hydrogen-bond acceptors (Lipinski definition) is 3. The summed E-state index contributed by atoms with van der Waals surface area (Å²) in [4.78, 5) is 19.1. The number of nitrogens with one attached hydrogen (secondary N) is 1. The summed E-state index contributed by atoms with van der Waals surface area (Å²) in [5, 5.41) is 3.51. The standard InChI is InChI=1S/C22H34N4O/c1-17(27)20-9-6-10-21(14-20)25-22(26-11-3-2-4-12-26)24-16-19-8-5-7-18(13-19)15-23/h6,9-10,14,18-19H,2-5,7-8,11-13,15-16,23H2,1H3,(H,24,25). The molecule has 0 bridgehead atoms. The van der Waals surface area contributed by atoms with E-state index in [9.17, 15) is 4.79 Å². The number of carbonyl (C=O) groups is 1. The van der Waals surface area contributed by atoms with Crippen LogP contribution in [0.1, 0.15) is 62.2 Å². The maximum atomic E-state index is 11.7. The summed E-state index contributed by atoms with van der Waals surface area (Å²) >= 11 is 0. The Morgan fingerprint density at radius 2 is 1.96 bits per heavy atom. The fraction of sp³-hybridized carbons (Fsp3) is 0.636. The van der Waals surface area contributed by atoms with Crippen LogP contribution in [0, 0.1) is 11.8 Å². The second-order valence-electron chi connectivity index (χ2n) is 8.11. The summed E-state index contributed by atoms with van der Waals surface area (Å²) in [7, 11) is 0. The van der Waals surface area contributed by atoms with E-state index in [1.165, 1.54) is 44.9 Å². The van der Waals surface area contributed by atoms with Crippen molar-refractivity contribution in [1.29, 1.82) is 0 Å². The highest BCUT2D eigenvalue weighted by molar-refractivity contribution is 5.98. The largest absolute Gasteiger partial charge is 0.343 e. The van der Waals surface area contributed by atoms with Crippen LogP contribution in [0.25, 0.3) is 0 Å². The average Bonchev–Trinajstić information content (AvgIpc) is 2.72. The Morgan fingerprint density at radius 1 is 1.19 bits per heavy atom. The minimum atomic E-state index is 0.0881. The molecular weight excluding hydrogens is 336 g/mol. The highest BCUT2D eigenvalue weighted by atomic mass is 16.1. The Bertz CT molecular complexity index is 651. The van der Waals surface area contributed by atoms with Gasteiger partial charge in [0.2, 0.25) is 0 Å². The zero-order valence-electron chi connectivity index (χ0n) is 16.6. The van der Waals surface area contributed by atoms with Crippen LogP contribution in [0.2, 0.25) is 0 Å². The molecule has 1 saturated heterocycles. The van der Waals surface area contributed by atoms with Crippen molar-refractivity contribution in [2.24, 2.45) is 22.6 Å². The van der Waals surface area contributed by atoms with Crippen LogP contribution >= 0.6 is 0 Å². The normalized spacial score (nSPS) is 23.9. The summed E-state index contributed by atoms with van der Waals surface area (Å²) in [5.41, 5.74) is 7.57. The lowest BCUT2D eigenvalue weighted by Crippen LogP contribution is -2.40. The molecule has 1 saturated carbocycles. The number of hydrogen-bond donors (Lipinski definition) is 2. The number of rotatable bonds is 5. The summed E-state index contributed by atoms with van der Waals surface area (Å²) in [6.45, 7) is 5.37. The van der Waals surface area contributed by atoms with Crippen molar-refractivity contribution in [2.75, 3.05) is 31.5 Å². The molecule has 0 aromatic heterocycles. The molecule has 1 heterocycles. The first-order valence-corrected chi connectivity index (χ1v) is 10.5. The quantitative estimate of drug-likeness (QED) is 0.468. The van der Waals surface area contributed by atoms with Crippen LogP contribution in [0.4, 0.5) is 5.69 Å². The van der Waals surface area contributed by atoms with E-state index in [1.807, 2.05) is 24.3 Å². The minimum absolute atomic E-state index is 0.0881. The van der Waals surface area contributed by atoms with Gasteiger partial charge in [0, 0.05) is 30.9 Å². The van der Waals surface area contributed by atoms with E-state index in [2.05, 4.69) is 10.2 Å². The van der Waals surface area contributed by atoms with E-state index >= 15 is 0 Å². The van der Waals surface area contributed by atoms with Crippen LogP contribution in [0.5, 0.6) is 0 Å². The predicted octanol–water partition coefficient (Wildman–Crippen LogP) is 3.91. The number of nitrogens with two attached hydrogens (primary N) is 1. The van der Waals surface area contributed by atoms with Gasteiger partial charge >= 0.3 is 0 Å². The summed E-state index contributed by atoms with van der Waals surface area (Å²) in [6, 6.07) is 7.73. The topological polar surface area (TPSA) is 70.7 Å². The number of piperidine rings is 1. The molecule has 5 heteroatoms. The number of Topliss-reactive ketones (excluding diaryl/α,β-unsaturated/α-hetero) is 1. The van der Waals surface area contributed by atoms with Crippen molar-refractivity contribution in [1.82, 2.24) is 4.90 Å². The zero-order valence-corrected chi connectivity index (χ0v) is 16.6. The molecule has 148 valence electrons.